The predicted molar refractivity (Wildman–Crippen MR) is 176 cm³/mol. The van der Waals surface area contributed by atoms with Crippen LogP contribution in [0.25, 0.3) is 0 Å². The molecule has 0 aromatic rings. The summed E-state index contributed by atoms with van der Waals surface area (Å²) in [6.07, 6.45) is 1.50. The van der Waals surface area contributed by atoms with Gasteiger partial charge in [-0.2, -0.15) is 0 Å². The third-order valence-electron chi connectivity index (χ3n) is 4.09. The molecular weight excluding hydrogens is 770 g/mol. The minimum atomic E-state index is -0.589. The maximum atomic E-state index is 12.6. The number of amides is 2. The fourth-order valence-electron chi connectivity index (χ4n) is 2.28. The van der Waals surface area contributed by atoms with E-state index < -0.39 is 23.6 Å². The number of hydrogen-bond acceptors (Lipinski definition) is 18. The Morgan fingerprint density at radius 2 is 0.717 bits per heavy atom. The van der Waals surface area contributed by atoms with E-state index in [1.54, 1.807) is 28.2 Å². The summed E-state index contributed by atoms with van der Waals surface area (Å²) < 4.78 is 1.08. The normalized spacial score (nSPS) is 15.3. The average Bonchev–Trinajstić information content (AvgIpc) is 3.66. The van der Waals surface area contributed by atoms with Crippen LogP contribution in [0.4, 0.5) is 0 Å². The van der Waals surface area contributed by atoms with E-state index >= 15 is 0 Å². The van der Waals surface area contributed by atoms with Crippen molar-refractivity contribution in [3.63, 3.8) is 0 Å². The molecule has 0 saturated carbocycles. The number of carbonyl (C=O) groups is 2. The molecule has 2 aliphatic heterocycles. The van der Waals surface area contributed by atoms with Crippen LogP contribution >= 0.6 is 47.0 Å². The van der Waals surface area contributed by atoms with Gasteiger partial charge in [0.05, 0.1) is 34.7 Å². The van der Waals surface area contributed by atoms with Crippen molar-refractivity contribution in [1.82, 2.24) is 9.80 Å². The first-order valence-electron chi connectivity index (χ1n) is 12.8. The van der Waals surface area contributed by atoms with Gasteiger partial charge < -0.3 is 53.2 Å². The second kappa shape index (κ2) is 28.3. The van der Waals surface area contributed by atoms with Crippen molar-refractivity contribution in [2.45, 2.75) is 0 Å². The molecule has 22 heteroatoms. The van der Waals surface area contributed by atoms with Crippen LogP contribution in [-0.4, -0.2) is 127 Å². The topological polar surface area (TPSA) is 286 Å². The van der Waals surface area contributed by atoms with Crippen molar-refractivity contribution in [3.8, 4) is 0 Å². The van der Waals surface area contributed by atoms with Gasteiger partial charge in [-0.3, -0.25) is 29.6 Å². The smallest absolute Gasteiger partial charge is 0.858 e. The maximum Gasteiger partial charge on any atom is 2.00 e. The van der Waals surface area contributed by atoms with Crippen LogP contribution in [0.5, 0.6) is 0 Å². The van der Waals surface area contributed by atoms with E-state index in [-0.39, 0.29) is 105 Å². The van der Waals surface area contributed by atoms with Crippen LogP contribution in [0.15, 0.2) is 48.1 Å². The standard InChI is InChI=1S/C18H28N8O4S4.2C3H7NO.2Ni/c19-1-5-23-13(27)9-10(14(28)24-6-2-20)32-17(31-9)18-33-11(15(29)25-7-3-21)12(34-18)16(30)26-8-4-22;2*1-4(2)3-5;;/h1-8,19-22H2,(H,23,27)(H,24,28)(H,25,29)(H,26,30);2*3H,1-2H3;;/q;;;2*+2/p-4. The fourth-order valence-corrected chi connectivity index (χ4v) is 7.51. The summed E-state index contributed by atoms with van der Waals surface area (Å²) in [5.74, 6) is -2.35. The van der Waals surface area contributed by atoms with Crippen LogP contribution in [0, 0.1) is 0 Å². The minimum Gasteiger partial charge on any atom is -0.858 e. The zero-order valence-electron chi connectivity index (χ0n) is 25.5. The Labute approximate surface area is 306 Å². The van der Waals surface area contributed by atoms with Crippen LogP contribution in [0.1, 0.15) is 0 Å². The summed E-state index contributed by atoms with van der Waals surface area (Å²) in [5, 5.41) is 50.4. The molecular formula is C24H38N10Ni2O6S4. The first kappa shape index (κ1) is 48.7. The van der Waals surface area contributed by atoms with Gasteiger partial charge in [0.2, 0.25) is 12.8 Å². The Balaban J connectivity index is -0.00000134. The Morgan fingerprint density at radius 1 is 0.543 bits per heavy atom. The number of aliphatic imine (C=N–C) groups is 4. The number of carbonyl (C=O) groups excluding carboxylic acids is 2. The van der Waals surface area contributed by atoms with E-state index in [2.05, 4.69) is 20.0 Å². The Hall–Kier alpha value is -1.73. The van der Waals surface area contributed by atoms with E-state index in [1.165, 1.54) is 9.80 Å². The predicted octanol–water partition coefficient (Wildman–Crippen LogP) is -4.23. The summed E-state index contributed by atoms with van der Waals surface area (Å²) in [6.45, 7) is 1.13. The van der Waals surface area contributed by atoms with E-state index in [9.17, 15) is 30.0 Å². The molecule has 0 aromatic heterocycles. The second-order valence-corrected chi connectivity index (χ2v) is 12.9. The first-order chi connectivity index (χ1) is 20.9. The van der Waals surface area contributed by atoms with Gasteiger partial charge >= 0.3 is 33.0 Å². The summed E-state index contributed by atoms with van der Waals surface area (Å²) in [4.78, 5) is 37.7. The Kier molecular flexibility index (Phi) is 29.9. The first-order valence-corrected chi connectivity index (χ1v) is 16.0. The number of thioether (sulfide) groups is 4. The van der Waals surface area contributed by atoms with Crippen LogP contribution in [-0.2, 0) is 42.6 Å². The molecule has 0 aromatic carbocycles. The average molecular weight is 808 g/mol. The Bertz CT molecular complexity index is 1020. The molecule has 16 nitrogen and oxygen atoms in total. The quantitative estimate of drug-likeness (QED) is 0.0560. The van der Waals surface area contributed by atoms with Gasteiger partial charge in [0.25, 0.3) is 0 Å². The van der Waals surface area contributed by atoms with Gasteiger partial charge in [-0.25, -0.2) is 0 Å². The van der Waals surface area contributed by atoms with Gasteiger partial charge in [-0.05, 0) is 23.6 Å². The minimum absolute atomic E-state index is 0. The summed E-state index contributed by atoms with van der Waals surface area (Å²) in [6, 6.07) is 0. The van der Waals surface area contributed by atoms with E-state index in [0.717, 1.165) is 59.9 Å². The molecule has 0 aliphatic carbocycles. The molecule has 0 radical (unpaired) electrons. The van der Waals surface area contributed by atoms with Crippen molar-refractivity contribution in [2.24, 2.45) is 42.9 Å². The van der Waals surface area contributed by atoms with Gasteiger partial charge in [0.15, 0.2) is 0 Å². The number of hydrogen-bond donors (Lipinski definition) is 4. The van der Waals surface area contributed by atoms with Gasteiger partial charge in [0.1, 0.15) is 0 Å². The van der Waals surface area contributed by atoms with E-state index in [1.807, 2.05) is 0 Å². The molecule has 0 atom stereocenters. The number of nitrogens with zero attached hydrogens (tertiary/aromatic N) is 6. The SMILES string of the molecule is CN(C)C=O.CN(C)C=O.NCCN=C([O-])C1=C(C([O-])=NCCN)SC(=C2SC(C([O-])=NCCN)=C(C([O-])=NCCN)S2)S1.[Ni+2].[Ni+2]. The van der Waals surface area contributed by atoms with E-state index in [0.29, 0.717) is 8.47 Å². The maximum absolute atomic E-state index is 12.6. The molecule has 8 N–H and O–H groups in total. The molecule has 0 bridgehead atoms. The molecule has 2 aliphatic rings. The van der Waals surface area contributed by atoms with E-state index in [4.69, 9.17) is 22.9 Å². The summed E-state index contributed by atoms with van der Waals surface area (Å²) in [7, 11) is 6.75. The van der Waals surface area contributed by atoms with Gasteiger partial charge in [-0.15, -0.1) is 0 Å². The molecule has 0 saturated heterocycles. The zero-order valence-corrected chi connectivity index (χ0v) is 30.8. The van der Waals surface area contributed by atoms with Crippen molar-refractivity contribution in [3.05, 3.63) is 28.1 Å². The molecule has 2 rings (SSSR count). The van der Waals surface area contributed by atoms with Crippen LogP contribution in [0.3, 0.4) is 0 Å². The molecule has 2 heterocycles. The van der Waals surface area contributed by atoms with Crippen molar-refractivity contribution < 1.29 is 63.0 Å². The molecule has 46 heavy (non-hydrogen) atoms. The third-order valence-corrected chi connectivity index (χ3v) is 9.76. The summed E-state index contributed by atoms with van der Waals surface area (Å²) in [5.41, 5.74) is 21.7. The van der Waals surface area contributed by atoms with Gasteiger partial charge in [-0.1, -0.05) is 47.0 Å². The van der Waals surface area contributed by atoms with Crippen molar-refractivity contribution in [1.29, 1.82) is 0 Å². The molecule has 0 unspecified atom stereocenters. The van der Waals surface area contributed by atoms with Crippen LogP contribution in [0.2, 0.25) is 0 Å². The molecule has 0 fully saturated rings. The molecule has 0 spiro atoms. The number of rotatable bonds is 14. The van der Waals surface area contributed by atoms with Crippen molar-refractivity contribution >= 4 is 83.5 Å². The Morgan fingerprint density at radius 3 is 0.848 bits per heavy atom. The summed E-state index contributed by atoms with van der Waals surface area (Å²) >= 11 is 4.13. The zero-order chi connectivity index (χ0) is 33.7. The van der Waals surface area contributed by atoms with Crippen molar-refractivity contribution in [2.75, 3.05) is 80.5 Å². The fraction of sp³-hybridized carbons (Fsp3) is 0.500. The second-order valence-electron chi connectivity index (χ2n) is 8.34. The molecule has 264 valence electrons. The largest absolute Gasteiger partial charge is 2.00 e. The third kappa shape index (κ3) is 18.6. The number of nitrogens with two attached hydrogens (primary N) is 4. The van der Waals surface area contributed by atoms with Crippen LogP contribution < -0.4 is 43.4 Å². The molecule has 2 amide bonds. The monoisotopic (exact) mass is 806 g/mol. The van der Waals surface area contributed by atoms with Gasteiger partial charge in [0, 0.05) is 74.0 Å².